The summed E-state index contributed by atoms with van der Waals surface area (Å²) in [4.78, 5) is 41.7. The van der Waals surface area contributed by atoms with E-state index in [9.17, 15) is 14.4 Å². The summed E-state index contributed by atoms with van der Waals surface area (Å²) < 4.78 is 6.62. The van der Waals surface area contributed by atoms with E-state index in [1.54, 1.807) is 45.0 Å². The van der Waals surface area contributed by atoms with Crippen LogP contribution in [0.25, 0.3) is 0 Å². The zero-order valence-corrected chi connectivity index (χ0v) is 19.3. The number of carbonyl (C=O) groups is 2. The van der Waals surface area contributed by atoms with Crippen molar-refractivity contribution >= 4 is 23.5 Å². The van der Waals surface area contributed by atoms with Gasteiger partial charge in [-0.1, -0.05) is 24.3 Å². The molecule has 0 aliphatic carbocycles. The van der Waals surface area contributed by atoms with E-state index >= 15 is 0 Å². The standard InChI is InChI=1S/C23H30N6O4/c1-5-25-16-13-26-18-11-10-17(29(18)21(16)31)20(30)27-12-14-6-8-15(9-7-14)19(24)28-22(32)33-23(2,3)4/h6-9,13,17,25H,5,10-12H2,1-4H3,(H,27,30)(H2,24,28,32)/t17-/m0/s1. The van der Waals surface area contributed by atoms with Crippen molar-refractivity contribution in [3.8, 4) is 0 Å². The number of carbonyl (C=O) groups excluding carboxylic acids is 2. The van der Waals surface area contributed by atoms with Crippen LogP contribution in [0.2, 0.25) is 0 Å². The second-order valence-corrected chi connectivity index (χ2v) is 8.76. The molecule has 0 saturated carbocycles. The number of nitrogens with zero attached hydrogens (tertiary/aromatic N) is 2. The maximum absolute atomic E-state index is 12.8. The molecule has 4 N–H and O–H groups in total. The van der Waals surface area contributed by atoms with Crippen LogP contribution in [-0.4, -0.2) is 39.5 Å². The fraction of sp³-hybridized carbons (Fsp3) is 0.435. The molecule has 0 unspecified atom stereocenters. The Kier molecular flexibility index (Phi) is 7.15. The maximum Gasteiger partial charge on any atom is 0.413 e. The Balaban J connectivity index is 1.59. The lowest BCUT2D eigenvalue weighted by Crippen LogP contribution is -2.36. The molecule has 1 aromatic carbocycles. The zero-order valence-electron chi connectivity index (χ0n) is 19.3. The molecule has 0 fully saturated rings. The van der Waals surface area contributed by atoms with Crippen LogP contribution in [0.15, 0.2) is 35.3 Å². The first-order chi connectivity index (χ1) is 15.6. The van der Waals surface area contributed by atoms with Gasteiger partial charge in [-0.05, 0) is 39.7 Å². The number of rotatable bonds is 6. The topological polar surface area (TPSA) is 138 Å². The smallest absolute Gasteiger partial charge is 0.413 e. The summed E-state index contributed by atoms with van der Waals surface area (Å²) in [7, 11) is 0. The molecular formula is C23H30N6O4. The second-order valence-electron chi connectivity index (χ2n) is 8.76. The molecule has 176 valence electrons. The van der Waals surface area contributed by atoms with Gasteiger partial charge in [-0.25, -0.2) is 9.78 Å². The van der Waals surface area contributed by atoms with E-state index in [2.05, 4.69) is 20.9 Å². The predicted octanol–water partition coefficient (Wildman–Crippen LogP) is 2.33. The van der Waals surface area contributed by atoms with Crippen LogP contribution in [0.4, 0.5) is 10.5 Å². The first kappa shape index (κ1) is 24.0. The molecule has 0 saturated heterocycles. The quantitative estimate of drug-likeness (QED) is 0.390. The summed E-state index contributed by atoms with van der Waals surface area (Å²) in [5.74, 6) is 0.294. The number of anilines is 1. The zero-order chi connectivity index (χ0) is 24.2. The Morgan fingerprint density at radius 3 is 2.58 bits per heavy atom. The number of hydrogen-bond acceptors (Lipinski definition) is 7. The lowest BCUT2D eigenvalue weighted by molar-refractivity contribution is -0.124. The monoisotopic (exact) mass is 454 g/mol. The Bertz CT molecular complexity index is 1100. The van der Waals surface area contributed by atoms with Crippen molar-refractivity contribution in [2.75, 3.05) is 11.9 Å². The van der Waals surface area contributed by atoms with Gasteiger partial charge in [-0.3, -0.25) is 24.9 Å². The average molecular weight is 455 g/mol. The summed E-state index contributed by atoms with van der Waals surface area (Å²) in [6.07, 6.45) is 1.93. The number of amidine groups is 1. The Morgan fingerprint density at radius 1 is 1.24 bits per heavy atom. The van der Waals surface area contributed by atoms with Crippen LogP contribution in [0, 0.1) is 5.41 Å². The second kappa shape index (κ2) is 9.85. The third-order valence-electron chi connectivity index (χ3n) is 5.03. The number of amides is 2. The fourth-order valence-electron chi connectivity index (χ4n) is 3.54. The van der Waals surface area contributed by atoms with Crippen molar-refractivity contribution in [3.05, 3.63) is 57.8 Å². The molecular weight excluding hydrogens is 424 g/mol. The van der Waals surface area contributed by atoms with E-state index in [1.807, 2.05) is 6.92 Å². The maximum atomic E-state index is 12.8. The number of benzene rings is 1. The first-order valence-corrected chi connectivity index (χ1v) is 10.9. The predicted molar refractivity (Wildman–Crippen MR) is 125 cm³/mol. The van der Waals surface area contributed by atoms with E-state index in [0.717, 1.165) is 5.56 Å². The normalized spacial score (nSPS) is 14.8. The molecule has 1 aliphatic rings. The Hall–Kier alpha value is -3.69. The summed E-state index contributed by atoms with van der Waals surface area (Å²) in [5.41, 5.74) is 0.831. The van der Waals surface area contributed by atoms with Crippen LogP contribution < -0.4 is 21.5 Å². The SMILES string of the molecule is CCNc1cnc2n(c1=O)[C@H](C(=O)NCc1ccc(C(=N)NC(=O)OC(C)(C)C)cc1)CC2. The van der Waals surface area contributed by atoms with E-state index in [4.69, 9.17) is 10.1 Å². The van der Waals surface area contributed by atoms with Gasteiger partial charge < -0.3 is 15.4 Å². The van der Waals surface area contributed by atoms with Gasteiger partial charge in [-0.2, -0.15) is 0 Å². The summed E-state index contributed by atoms with van der Waals surface area (Å²) in [5, 5.41) is 16.3. The van der Waals surface area contributed by atoms with Crippen molar-refractivity contribution in [2.24, 2.45) is 0 Å². The molecule has 10 heteroatoms. The molecule has 1 atom stereocenters. The highest BCUT2D eigenvalue weighted by atomic mass is 16.6. The molecule has 2 amide bonds. The number of alkyl carbamates (subject to hydrolysis) is 1. The van der Waals surface area contributed by atoms with E-state index in [0.29, 0.717) is 36.5 Å². The van der Waals surface area contributed by atoms with Gasteiger partial charge in [0.1, 0.15) is 29.0 Å². The number of nitrogens with one attached hydrogen (secondary N) is 4. The lowest BCUT2D eigenvalue weighted by Gasteiger charge is -2.19. The number of ether oxygens (including phenoxy) is 1. The van der Waals surface area contributed by atoms with Crippen molar-refractivity contribution in [2.45, 2.75) is 58.7 Å². The van der Waals surface area contributed by atoms with Gasteiger partial charge in [0.15, 0.2) is 0 Å². The molecule has 0 spiro atoms. The number of aryl methyl sites for hydroxylation is 1. The highest BCUT2D eigenvalue weighted by Crippen LogP contribution is 2.23. The average Bonchev–Trinajstić information content (AvgIpc) is 3.18. The molecule has 33 heavy (non-hydrogen) atoms. The summed E-state index contributed by atoms with van der Waals surface area (Å²) in [6.45, 7) is 7.99. The Labute approximate surface area is 192 Å². The highest BCUT2D eigenvalue weighted by molar-refractivity contribution is 6.04. The molecule has 1 aliphatic heterocycles. The van der Waals surface area contributed by atoms with Crippen LogP contribution in [-0.2, 0) is 22.5 Å². The van der Waals surface area contributed by atoms with E-state index in [1.165, 1.54) is 10.8 Å². The fourth-order valence-corrected chi connectivity index (χ4v) is 3.54. The molecule has 0 bridgehead atoms. The number of fused-ring (bicyclic) bond motifs is 1. The highest BCUT2D eigenvalue weighted by Gasteiger charge is 2.30. The van der Waals surface area contributed by atoms with Crippen molar-refractivity contribution < 1.29 is 14.3 Å². The van der Waals surface area contributed by atoms with Crippen molar-refractivity contribution in [1.29, 1.82) is 5.41 Å². The largest absolute Gasteiger partial charge is 0.444 e. The third kappa shape index (κ3) is 5.97. The van der Waals surface area contributed by atoms with Gasteiger partial charge in [0, 0.05) is 25.1 Å². The summed E-state index contributed by atoms with van der Waals surface area (Å²) in [6, 6.07) is 6.30. The van der Waals surface area contributed by atoms with Gasteiger partial charge in [0.25, 0.3) is 5.56 Å². The van der Waals surface area contributed by atoms with Crippen LogP contribution in [0.1, 0.15) is 57.1 Å². The number of hydrogen-bond donors (Lipinski definition) is 4. The van der Waals surface area contributed by atoms with Crippen LogP contribution in [0.5, 0.6) is 0 Å². The minimum Gasteiger partial charge on any atom is -0.444 e. The third-order valence-corrected chi connectivity index (χ3v) is 5.03. The minimum absolute atomic E-state index is 0.0780. The van der Waals surface area contributed by atoms with E-state index < -0.39 is 17.7 Å². The molecule has 3 rings (SSSR count). The van der Waals surface area contributed by atoms with Crippen molar-refractivity contribution in [1.82, 2.24) is 20.2 Å². The van der Waals surface area contributed by atoms with Crippen LogP contribution >= 0.6 is 0 Å². The van der Waals surface area contributed by atoms with Gasteiger partial charge in [0.05, 0.1) is 6.20 Å². The lowest BCUT2D eigenvalue weighted by atomic mass is 10.1. The molecule has 10 nitrogen and oxygen atoms in total. The van der Waals surface area contributed by atoms with E-state index in [-0.39, 0.29) is 23.8 Å². The molecule has 0 radical (unpaired) electrons. The van der Waals surface area contributed by atoms with Gasteiger partial charge in [0.2, 0.25) is 5.91 Å². The van der Waals surface area contributed by atoms with Gasteiger partial charge >= 0.3 is 6.09 Å². The molecule has 2 aromatic rings. The van der Waals surface area contributed by atoms with Gasteiger partial charge in [-0.15, -0.1) is 0 Å². The number of aromatic nitrogens is 2. The summed E-state index contributed by atoms with van der Waals surface area (Å²) >= 11 is 0. The Morgan fingerprint density at radius 2 is 1.94 bits per heavy atom. The van der Waals surface area contributed by atoms with Crippen LogP contribution in [0.3, 0.4) is 0 Å². The molecule has 1 aromatic heterocycles. The minimum atomic E-state index is -0.692. The molecule has 2 heterocycles. The van der Waals surface area contributed by atoms with Crippen molar-refractivity contribution in [3.63, 3.8) is 0 Å². The first-order valence-electron chi connectivity index (χ1n) is 10.9.